The molecule has 45 heavy (non-hydrogen) atoms. The van der Waals surface area contributed by atoms with Gasteiger partial charge in [-0.3, -0.25) is 33.7 Å². The number of nitrogens with zero attached hydrogens (tertiary/aromatic N) is 1. The topological polar surface area (TPSA) is 212 Å². The Bertz CT molecular complexity index is 1220. The van der Waals surface area contributed by atoms with Gasteiger partial charge < -0.3 is 36.4 Å². The molecule has 6 amide bonds. The number of aliphatic carboxylic acids is 1. The molecule has 1 aromatic rings. The molecule has 1 saturated heterocycles. The molecule has 0 aliphatic carbocycles. The number of nitrogens with one attached hydrogen (secondary N) is 5. The highest BCUT2D eigenvalue weighted by molar-refractivity contribution is 7.98. The summed E-state index contributed by atoms with van der Waals surface area (Å²) in [7, 11) is 0. The summed E-state index contributed by atoms with van der Waals surface area (Å²) in [5.74, 6) is -3.93. The fourth-order valence-electron chi connectivity index (χ4n) is 4.34. The van der Waals surface area contributed by atoms with Crippen LogP contribution in [0.5, 0.6) is 0 Å². The third kappa shape index (κ3) is 12.3. The molecule has 0 spiro atoms. The minimum atomic E-state index is -1.24. The summed E-state index contributed by atoms with van der Waals surface area (Å²) in [4.78, 5) is 88.2. The maximum absolute atomic E-state index is 13.2. The van der Waals surface area contributed by atoms with Crippen LogP contribution < -0.4 is 26.6 Å². The van der Waals surface area contributed by atoms with E-state index in [9.17, 15) is 33.6 Å². The molecule has 1 aliphatic heterocycles. The number of hydrogen-bond donors (Lipinski definition) is 6. The number of carboxylic acid groups (broad SMARTS) is 1. The highest BCUT2D eigenvalue weighted by Crippen LogP contribution is 2.19. The van der Waals surface area contributed by atoms with Gasteiger partial charge in [0, 0.05) is 6.54 Å². The molecule has 1 heterocycles. The van der Waals surface area contributed by atoms with Crippen molar-refractivity contribution in [2.24, 2.45) is 0 Å². The van der Waals surface area contributed by atoms with Gasteiger partial charge in [0.2, 0.25) is 29.5 Å². The zero-order chi connectivity index (χ0) is 33.5. The van der Waals surface area contributed by atoms with Gasteiger partial charge in [-0.2, -0.15) is 11.8 Å². The Morgan fingerprint density at radius 3 is 2.04 bits per heavy atom. The average Bonchev–Trinajstić information content (AvgIpc) is 3.51. The summed E-state index contributed by atoms with van der Waals surface area (Å²) < 4.78 is 5.40. The molecule has 1 aromatic carbocycles. The Hall–Kier alpha value is -4.34. The highest BCUT2D eigenvalue weighted by Gasteiger charge is 2.37. The number of rotatable bonds is 16. The summed E-state index contributed by atoms with van der Waals surface area (Å²) in [6.07, 6.45) is 2.48. The minimum absolute atomic E-state index is 0.0602. The summed E-state index contributed by atoms with van der Waals surface area (Å²) in [5, 5.41) is 20.9. The lowest BCUT2D eigenvalue weighted by Crippen LogP contribution is -2.57. The van der Waals surface area contributed by atoms with Crippen molar-refractivity contribution < 1.29 is 43.4 Å². The van der Waals surface area contributed by atoms with E-state index in [2.05, 4.69) is 26.6 Å². The lowest BCUT2D eigenvalue weighted by atomic mass is 10.1. The first kappa shape index (κ1) is 36.8. The van der Waals surface area contributed by atoms with E-state index in [4.69, 9.17) is 9.84 Å². The van der Waals surface area contributed by atoms with Crippen LogP contribution in [-0.4, -0.2) is 107 Å². The Balaban J connectivity index is 1.92. The van der Waals surface area contributed by atoms with Crippen molar-refractivity contribution >= 4 is 53.4 Å². The SMILES string of the molecule is CSCC[C@H](NC(=O)[C@@H]1CCCN1C(=O)OCc1ccccc1)C(=O)N[C@@H](C)C(=O)N[C@@H](C)C(=O)N[C@@H](C)C(=O)NCC(=O)O. The monoisotopic (exact) mass is 650 g/mol. The van der Waals surface area contributed by atoms with Gasteiger partial charge in [-0.1, -0.05) is 30.3 Å². The van der Waals surface area contributed by atoms with Gasteiger partial charge in [0.15, 0.2) is 0 Å². The minimum Gasteiger partial charge on any atom is -0.480 e. The third-order valence-corrected chi connectivity index (χ3v) is 7.55. The van der Waals surface area contributed by atoms with Crippen molar-refractivity contribution in [3.8, 4) is 0 Å². The maximum Gasteiger partial charge on any atom is 0.410 e. The Morgan fingerprint density at radius 2 is 1.47 bits per heavy atom. The molecule has 5 atom stereocenters. The van der Waals surface area contributed by atoms with E-state index >= 15 is 0 Å². The number of carbonyl (C=O) groups is 7. The van der Waals surface area contributed by atoms with E-state index < -0.39 is 78.4 Å². The molecule has 1 aliphatic rings. The summed E-state index contributed by atoms with van der Waals surface area (Å²) in [6.45, 7) is 3.93. The van der Waals surface area contributed by atoms with Gasteiger partial charge in [0.25, 0.3) is 0 Å². The number of ether oxygens (including phenoxy) is 1. The van der Waals surface area contributed by atoms with E-state index in [-0.39, 0.29) is 13.0 Å². The largest absolute Gasteiger partial charge is 0.480 e. The molecule has 2 rings (SSSR count). The molecule has 0 unspecified atom stereocenters. The van der Waals surface area contributed by atoms with Crippen molar-refractivity contribution in [3.05, 3.63) is 35.9 Å². The predicted molar refractivity (Wildman–Crippen MR) is 165 cm³/mol. The van der Waals surface area contributed by atoms with Crippen LogP contribution in [0, 0.1) is 0 Å². The van der Waals surface area contributed by atoms with Crippen LogP contribution in [0.4, 0.5) is 4.79 Å². The lowest BCUT2D eigenvalue weighted by molar-refractivity contribution is -0.138. The van der Waals surface area contributed by atoms with Crippen LogP contribution in [0.15, 0.2) is 30.3 Å². The Labute approximate surface area is 265 Å². The first-order chi connectivity index (χ1) is 21.3. The van der Waals surface area contributed by atoms with Crippen molar-refractivity contribution in [2.75, 3.05) is 25.1 Å². The van der Waals surface area contributed by atoms with Crippen LogP contribution in [0.1, 0.15) is 45.6 Å². The zero-order valence-corrected chi connectivity index (χ0v) is 26.6. The quantitative estimate of drug-likeness (QED) is 0.138. The van der Waals surface area contributed by atoms with Gasteiger partial charge in [-0.15, -0.1) is 0 Å². The standard InChI is InChI=1S/C29H42N6O9S/c1-17(24(38)30-15-23(36)37)31-25(39)18(2)32-26(40)19(3)33-27(41)21(12-14-45-4)34-28(42)22-11-8-13-35(22)29(43)44-16-20-9-6-5-7-10-20/h5-7,9-10,17-19,21-22H,8,11-16H2,1-4H3,(H,30,38)(H,31,39)(H,32,40)(H,33,41)(H,34,42)(H,36,37)/t17-,18-,19-,21-,22-/m0/s1. The fraction of sp³-hybridized carbons (Fsp3) is 0.552. The molecule has 1 fully saturated rings. The molecular weight excluding hydrogens is 608 g/mol. The van der Waals surface area contributed by atoms with E-state index in [1.807, 2.05) is 36.6 Å². The predicted octanol–water partition coefficient (Wildman–Crippen LogP) is -0.260. The fourth-order valence-corrected chi connectivity index (χ4v) is 4.81. The average molecular weight is 651 g/mol. The van der Waals surface area contributed by atoms with E-state index in [1.165, 1.54) is 37.4 Å². The van der Waals surface area contributed by atoms with Gasteiger partial charge in [-0.25, -0.2) is 4.79 Å². The number of likely N-dealkylation sites (tertiary alicyclic amines) is 1. The molecule has 15 nitrogen and oxygen atoms in total. The molecule has 0 radical (unpaired) electrons. The van der Waals surface area contributed by atoms with Gasteiger partial charge >= 0.3 is 12.1 Å². The van der Waals surface area contributed by atoms with Crippen LogP contribution in [-0.2, 0) is 40.1 Å². The number of benzene rings is 1. The number of thioether (sulfide) groups is 1. The second kappa shape index (κ2) is 18.5. The normalized spacial score (nSPS) is 16.7. The van der Waals surface area contributed by atoms with Crippen molar-refractivity contribution in [3.63, 3.8) is 0 Å². The molecule has 248 valence electrons. The van der Waals surface area contributed by atoms with E-state index in [0.717, 1.165) is 5.56 Å². The van der Waals surface area contributed by atoms with E-state index in [0.29, 0.717) is 25.1 Å². The number of carboxylic acids is 1. The maximum atomic E-state index is 13.2. The smallest absolute Gasteiger partial charge is 0.410 e. The second-order valence-corrected chi connectivity index (χ2v) is 11.5. The first-order valence-electron chi connectivity index (χ1n) is 14.5. The van der Waals surface area contributed by atoms with Crippen LogP contribution in [0.3, 0.4) is 0 Å². The molecule has 6 N–H and O–H groups in total. The van der Waals surface area contributed by atoms with Crippen molar-refractivity contribution in [2.45, 2.75) is 76.8 Å². The van der Waals surface area contributed by atoms with Gasteiger partial charge in [-0.05, 0) is 57.6 Å². The number of hydrogen-bond acceptors (Lipinski definition) is 9. The summed E-state index contributed by atoms with van der Waals surface area (Å²) in [6, 6.07) is 4.10. The molecule has 0 aromatic heterocycles. The van der Waals surface area contributed by atoms with Crippen molar-refractivity contribution in [1.82, 2.24) is 31.5 Å². The summed E-state index contributed by atoms with van der Waals surface area (Å²) in [5.41, 5.74) is 0.808. The molecular formula is C29H42N6O9S. The summed E-state index contributed by atoms with van der Waals surface area (Å²) >= 11 is 1.47. The first-order valence-corrected chi connectivity index (χ1v) is 15.9. The Morgan fingerprint density at radius 1 is 0.889 bits per heavy atom. The number of amides is 6. The van der Waals surface area contributed by atoms with Gasteiger partial charge in [0.05, 0.1) is 0 Å². The van der Waals surface area contributed by atoms with E-state index in [1.54, 1.807) is 0 Å². The molecule has 0 bridgehead atoms. The Kier molecular flexibility index (Phi) is 15.1. The number of carbonyl (C=O) groups excluding carboxylic acids is 6. The van der Waals surface area contributed by atoms with Gasteiger partial charge in [0.1, 0.15) is 43.4 Å². The van der Waals surface area contributed by atoms with Crippen LogP contribution >= 0.6 is 11.8 Å². The molecule has 16 heteroatoms. The van der Waals surface area contributed by atoms with Crippen molar-refractivity contribution in [1.29, 1.82) is 0 Å². The lowest BCUT2D eigenvalue weighted by Gasteiger charge is -2.26. The van der Waals surface area contributed by atoms with Crippen LogP contribution in [0.25, 0.3) is 0 Å². The highest BCUT2D eigenvalue weighted by atomic mass is 32.2. The second-order valence-electron chi connectivity index (χ2n) is 10.5. The zero-order valence-electron chi connectivity index (χ0n) is 25.8. The third-order valence-electron chi connectivity index (χ3n) is 6.91. The van der Waals surface area contributed by atoms with Crippen LogP contribution in [0.2, 0.25) is 0 Å². The molecule has 0 saturated carbocycles.